The average Bonchev–Trinajstić information content (AvgIpc) is 3.03. The van der Waals surface area contributed by atoms with Crippen molar-refractivity contribution in [1.29, 1.82) is 0 Å². The number of amides is 1. The lowest BCUT2D eigenvalue weighted by Crippen LogP contribution is -2.31. The van der Waals surface area contributed by atoms with Crippen molar-refractivity contribution < 1.29 is 4.79 Å². The molecule has 4 rings (SSSR count). The number of nitrogens with zero attached hydrogens (tertiary/aromatic N) is 3. The van der Waals surface area contributed by atoms with Crippen LogP contribution in [0.2, 0.25) is 0 Å². The average molecular weight is 355 g/mol. The molecule has 0 unspecified atom stereocenters. The maximum Gasteiger partial charge on any atom is 0.258 e. The molecule has 0 atom stereocenters. The number of fused-ring (bicyclic) bond motifs is 1. The molecule has 4 aromatic rings. The first-order valence-corrected chi connectivity index (χ1v) is 8.96. The molecule has 0 saturated carbocycles. The van der Waals surface area contributed by atoms with Crippen LogP contribution in [0.1, 0.15) is 21.6 Å². The van der Waals surface area contributed by atoms with E-state index in [-0.39, 0.29) is 5.91 Å². The zero-order chi connectivity index (χ0) is 18.8. The molecule has 134 valence electrons. The monoisotopic (exact) mass is 355 g/mol. The third kappa shape index (κ3) is 3.22. The summed E-state index contributed by atoms with van der Waals surface area (Å²) in [5.41, 5.74) is 4.87. The standard InChI is InChI=1S/C23H21N3O/c1-17-7-3-5-9-21(17)26(23(27)18-11-13-24-14-12-18)16-20-15-19-8-4-6-10-22(19)25(20)2/h3-15H,16H2,1-2H3. The number of carbonyl (C=O) groups excluding carboxylic acids is 1. The van der Waals surface area contributed by atoms with Crippen LogP contribution in [0.15, 0.2) is 79.1 Å². The number of rotatable bonds is 4. The third-order valence-corrected chi connectivity index (χ3v) is 4.95. The number of aromatic nitrogens is 2. The summed E-state index contributed by atoms with van der Waals surface area (Å²) in [6.45, 7) is 2.53. The number of anilines is 1. The van der Waals surface area contributed by atoms with E-state index in [1.807, 2.05) is 55.3 Å². The van der Waals surface area contributed by atoms with Crippen LogP contribution in [0.25, 0.3) is 10.9 Å². The molecular formula is C23H21N3O. The van der Waals surface area contributed by atoms with Crippen molar-refractivity contribution in [3.63, 3.8) is 0 Å². The van der Waals surface area contributed by atoms with Gasteiger partial charge in [-0.05, 0) is 48.2 Å². The van der Waals surface area contributed by atoms with Crippen LogP contribution >= 0.6 is 0 Å². The lowest BCUT2D eigenvalue weighted by atomic mass is 10.1. The zero-order valence-electron chi connectivity index (χ0n) is 15.5. The van der Waals surface area contributed by atoms with Crippen LogP contribution < -0.4 is 4.90 Å². The molecule has 0 bridgehead atoms. The summed E-state index contributed by atoms with van der Waals surface area (Å²) in [5.74, 6) is -0.0306. The van der Waals surface area contributed by atoms with E-state index in [2.05, 4.69) is 27.8 Å². The van der Waals surface area contributed by atoms with Crippen LogP contribution in [0.3, 0.4) is 0 Å². The van der Waals surface area contributed by atoms with E-state index in [4.69, 9.17) is 0 Å². The predicted molar refractivity (Wildman–Crippen MR) is 109 cm³/mol. The van der Waals surface area contributed by atoms with E-state index in [1.54, 1.807) is 24.5 Å². The molecular weight excluding hydrogens is 334 g/mol. The number of para-hydroxylation sites is 2. The molecule has 0 radical (unpaired) electrons. The van der Waals surface area contributed by atoms with E-state index in [1.165, 1.54) is 5.39 Å². The largest absolute Gasteiger partial charge is 0.346 e. The maximum atomic E-state index is 13.3. The third-order valence-electron chi connectivity index (χ3n) is 4.95. The Kier molecular flexibility index (Phi) is 4.47. The summed E-state index contributed by atoms with van der Waals surface area (Å²) in [4.78, 5) is 19.2. The van der Waals surface area contributed by atoms with Crippen molar-refractivity contribution in [2.45, 2.75) is 13.5 Å². The van der Waals surface area contributed by atoms with Crippen molar-refractivity contribution >= 4 is 22.5 Å². The zero-order valence-corrected chi connectivity index (χ0v) is 15.5. The molecule has 27 heavy (non-hydrogen) atoms. The molecule has 4 heteroatoms. The Bertz CT molecular complexity index is 1100. The normalized spacial score (nSPS) is 10.9. The van der Waals surface area contributed by atoms with Crippen molar-refractivity contribution in [3.8, 4) is 0 Å². The van der Waals surface area contributed by atoms with Gasteiger partial charge in [0.05, 0.1) is 6.54 Å². The molecule has 0 aliphatic carbocycles. The number of aryl methyl sites for hydroxylation is 2. The van der Waals surface area contributed by atoms with Gasteiger partial charge in [0.15, 0.2) is 0 Å². The highest BCUT2D eigenvalue weighted by molar-refractivity contribution is 6.06. The quantitative estimate of drug-likeness (QED) is 0.531. The van der Waals surface area contributed by atoms with Gasteiger partial charge in [0.2, 0.25) is 0 Å². The van der Waals surface area contributed by atoms with E-state index < -0.39 is 0 Å². The fourth-order valence-electron chi connectivity index (χ4n) is 3.44. The molecule has 0 fully saturated rings. The number of pyridine rings is 1. The van der Waals surface area contributed by atoms with Crippen LogP contribution in [-0.4, -0.2) is 15.5 Å². The summed E-state index contributed by atoms with van der Waals surface area (Å²) in [5, 5.41) is 1.18. The summed E-state index contributed by atoms with van der Waals surface area (Å²) in [6.07, 6.45) is 3.31. The molecule has 2 aromatic carbocycles. The SMILES string of the molecule is Cc1ccccc1N(Cc1cc2ccccc2n1C)C(=O)c1ccncc1. The van der Waals surface area contributed by atoms with Crippen molar-refractivity contribution in [2.24, 2.45) is 7.05 Å². The first kappa shape index (κ1) is 17.0. The maximum absolute atomic E-state index is 13.3. The lowest BCUT2D eigenvalue weighted by molar-refractivity contribution is 0.0984. The number of carbonyl (C=O) groups is 1. The molecule has 0 spiro atoms. The highest BCUT2D eigenvalue weighted by Gasteiger charge is 2.21. The second kappa shape index (κ2) is 7.08. The number of benzene rings is 2. The highest BCUT2D eigenvalue weighted by Crippen LogP contribution is 2.26. The fraction of sp³-hybridized carbons (Fsp3) is 0.130. The molecule has 0 aliphatic rings. The van der Waals surface area contributed by atoms with Crippen LogP contribution in [0, 0.1) is 6.92 Å². The molecule has 4 nitrogen and oxygen atoms in total. The van der Waals surface area contributed by atoms with Gasteiger partial charge in [0.1, 0.15) is 0 Å². The Hall–Kier alpha value is -3.40. The lowest BCUT2D eigenvalue weighted by Gasteiger charge is -2.25. The number of hydrogen-bond donors (Lipinski definition) is 0. The van der Waals surface area contributed by atoms with Gasteiger partial charge in [-0.15, -0.1) is 0 Å². The molecule has 2 aromatic heterocycles. The smallest absolute Gasteiger partial charge is 0.258 e. The second-order valence-electron chi connectivity index (χ2n) is 6.67. The number of hydrogen-bond acceptors (Lipinski definition) is 2. The van der Waals surface area contributed by atoms with E-state index in [9.17, 15) is 4.79 Å². The van der Waals surface area contributed by atoms with Gasteiger partial charge in [-0.1, -0.05) is 36.4 Å². The Labute approximate surface area is 158 Å². The van der Waals surface area contributed by atoms with Crippen molar-refractivity contribution in [3.05, 3.63) is 95.9 Å². The van der Waals surface area contributed by atoms with Crippen LogP contribution in [0.5, 0.6) is 0 Å². The first-order chi connectivity index (χ1) is 13.1. The highest BCUT2D eigenvalue weighted by atomic mass is 16.2. The Morgan fingerprint density at radius 1 is 1.00 bits per heavy atom. The minimum atomic E-state index is -0.0306. The second-order valence-corrected chi connectivity index (χ2v) is 6.67. The van der Waals surface area contributed by atoms with Crippen LogP contribution in [-0.2, 0) is 13.6 Å². The predicted octanol–water partition coefficient (Wildman–Crippen LogP) is 4.73. The minimum Gasteiger partial charge on any atom is -0.346 e. The molecule has 1 amide bonds. The van der Waals surface area contributed by atoms with Gasteiger partial charge in [-0.3, -0.25) is 9.78 Å². The summed E-state index contributed by atoms with van der Waals surface area (Å²) >= 11 is 0. The van der Waals surface area contributed by atoms with Gasteiger partial charge >= 0.3 is 0 Å². The van der Waals surface area contributed by atoms with Gasteiger partial charge in [0.25, 0.3) is 5.91 Å². The minimum absolute atomic E-state index is 0.0306. The molecule has 0 N–H and O–H groups in total. The van der Waals surface area contributed by atoms with E-state index >= 15 is 0 Å². The topological polar surface area (TPSA) is 38.1 Å². The summed E-state index contributed by atoms with van der Waals surface area (Å²) in [6, 6.07) is 21.9. The van der Waals surface area contributed by atoms with Gasteiger partial charge in [-0.25, -0.2) is 0 Å². The Balaban J connectivity index is 1.79. The van der Waals surface area contributed by atoms with Crippen molar-refractivity contribution in [1.82, 2.24) is 9.55 Å². The molecule has 0 aliphatic heterocycles. The summed E-state index contributed by atoms with van der Waals surface area (Å²) in [7, 11) is 2.05. The van der Waals surface area contributed by atoms with E-state index in [0.717, 1.165) is 22.5 Å². The van der Waals surface area contributed by atoms with Gasteiger partial charge in [-0.2, -0.15) is 0 Å². The van der Waals surface area contributed by atoms with Crippen LogP contribution in [0.4, 0.5) is 5.69 Å². The first-order valence-electron chi connectivity index (χ1n) is 8.96. The van der Waals surface area contributed by atoms with Gasteiger partial charge < -0.3 is 9.47 Å². The molecule has 2 heterocycles. The fourth-order valence-corrected chi connectivity index (χ4v) is 3.44. The Morgan fingerprint density at radius 2 is 1.70 bits per heavy atom. The van der Waals surface area contributed by atoms with Gasteiger partial charge in [0, 0.05) is 41.9 Å². The Morgan fingerprint density at radius 3 is 2.44 bits per heavy atom. The summed E-state index contributed by atoms with van der Waals surface area (Å²) < 4.78 is 2.15. The molecule has 0 saturated heterocycles. The van der Waals surface area contributed by atoms with Crippen molar-refractivity contribution in [2.75, 3.05) is 4.90 Å². The van der Waals surface area contributed by atoms with E-state index in [0.29, 0.717) is 12.1 Å².